The number of carbonyl (C=O) groups is 1. The van der Waals surface area contributed by atoms with Gasteiger partial charge in [-0.05, 0) is 38.0 Å². The molecule has 0 radical (unpaired) electrons. The fraction of sp³-hybridized carbons (Fsp3) is 0.500. The van der Waals surface area contributed by atoms with Crippen LogP contribution in [0.3, 0.4) is 0 Å². The Morgan fingerprint density at radius 1 is 1.63 bits per heavy atom. The van der Waals surface area contributed by atoms with Crippen LogP contribution in [-0.4, -0.2) is 31.3 Å². The first-order chi connectivity index (χ1) is 9.20. The minimum absolute atomic E-state index is 0.141. The van der Waals surface area contributed by atoms with Crippen LogP contribution in [-0.2, 0) is 14.3 Å². The van der Waals surface area contributed by atoms with E-state index in [0.29, 0.717) is 18.2 Å². The summed E-state index contributed by atoms with van der Waals surface area (Å²) in [6.45, 7) is 2.85. The highest BCUT2D eigenvalue weighted by atomic mass is 35.5. The van der Waals surface area contributed by atoms with Crippen LogP contribution in [0.4, 0.5) is 5.69 Å². The molecule has 1 fully saturated rings. The van der Waals surface area contributed by atoms with Crippen molar-refractivity contribution in [3.63, 3.8) is 0 Å². The van der Waals surface area contributed by atoms with Gasteiger partial charge in [0, 0.05) is 17.3 Å². The third-order valence-corrected chi connectivity index (χ3v) is 3.26. The zero-order chi connectivity index (χ0) is 13.7. The number of carbonyl (C=O) groups excluding carboxylic acids is 1. The molecule has 1 aliphatic heterocycles. The Labute approximate surface area is 118 Å². The zero-order valence-electron chi connectivity index (χ0n) is 10.9. The van der Waals surface area contributed by atoms with E-state index in [-0.39, 0.29) is 12.1 Å². The summed E-state index contributed by atoms with van der Waals surface area (Å²) in [6, 6.07) is 6.79. The molecule has 1 aromatic rings. The molecule has 0 amide bonds. The minimum Gasteiger partial charge on any atom is -0.464 e. The Hall–Kier alpha value is -1.26. The van der Waals surface area contributed by atoms with Gasteiger partial charge in [0.2, 0.25) is 0 Å². The summed E-state index contributed by atoms with van der Waals surface area (Å²) in [5.41, 5.74) is 0.793. The van der Waals surface area contributed by atoms with Crippen molar-refractivity contribution in [1.29, 1.82) is 0 Å². The van der Waals surface area contributed by atoms with Crippen molar-refractivity contribution in [3.05, 3.63) is 29.3 Å². The van der Waals surface area contributed by atoms with E-state index in [9.17, 15) is 4.79 Å². The molecular formula is C14H18ClNO3. The lowest BCUT2D eigenvalue weighted by Gasteiger charge is -2.23. The number of anilines is 1. The first-order valence-electron chi connectivity index (χ1n) is 6.51. The molecule has 2 atom stereocenters. The van der Waals surface area contributed by atoms with Gasteiger partial charge in [-0.15, -0.1) is 0 Å². The largest absolute Gasteiger partial charge is 0.464 e. The molecular weight excluding hydrogens is 266 g/mol. The van der Waals surface area contributed by atoms with Gasteiger partial charge in [0.1, 0.15) is 0 Å². The molecule has 1 saturated heterocycles. The molecule has 5 heteroatoms. The van der Waals surface area contributed by atoms with Gasteiger partial charge in [0.05, 0.1) is 12.7 Å². The van der Waals surface area contributed by atoms with Gasteiger partial charge in [-0.2, -0.15) is 0 Å². The molecule has 2 rings (SSSR count). The van der Waals surface area contributed by atoms with Crippen LogP contribution in [0.5, 0.6) is 0 Å². The Morgan fingerprint density at radius 2 is 2.47 bits per heavy atom. The van der Waals surface area contributed by atoms with Crippen molar-refractivity contribution in [2.75, 3.05) is 18.5 Å². The van der Waals surface area contributed by atoms with Crippen molar-refractivity contribution in [3.8, 4) is 0 Å². The molecule has 1 aromatic carbocycles. The lowest BCUT2D eigenvalue weighted by atomic mass is 10.1. The normalized spacial score (nSPS) is 20.0. The van der Waals surface area contributed by atoms with Gasteiger partial charge >= 0.3 is 5.97 Å². The summed E-state index contributed by atoms with van der Waals surface area (Å²) in [5.74, 6) is -0.283. The fourth-order valence-corrected chi connectivity index (χ4v) is 2.35. The van der Waals surface area contributed by atoms with Gasteiger partial charge in [0.25, 0.3) is 0 Å². The van der Waals surface area contributed by atoms with Gasteiger partial charge in [-0.1, -0.05) is 17.7 Å². The number of rotatable bonds is 5. The lowest BCUT2D eigenvalue weighted by Crippen LogP contribution is -2.41. The van der Waals surface area contributed by atoms with Crippen LogP contribution in [0.15, 0.2) is 24.3 Å². The highest BCUT2D eigenvalue weighted by Crippen LogP contribution is 2.22. The highest BCUT2D eigenvalue weighted by Gasteiger charge is 2.32. The van der Waals surface area contributed by atoms with E-state index in [1.54, 1.807) is 19.1 Å². The number of nitrogens with one attached hydrogen (secondary N) is 1. The molecule has 4 nitrogen and oxygen atoms in total. The first-order valence-corrected chi connectivity index (χ1v) is 6.89. The van der Waals surface area contributed by atoms with Crippen molar-refractivity contribution >= 4 is 23.3 Å². The van der Waals surface area contributed by atoms with Gasteiger partial charge < -0.3 is 14.8 Å². The predicted molar refractivity (Wildman–Crippen MR) is 74.5 cm³/mol. The van der Waals surface area contributed by atoms with E-state index in [0.717, 1.165) is 18.5 Å². The van der Waals surface area contributed by atoms with E-state index in [1.807, 2.05) is 12.1 Å². The first kappa shape index (κ1) is 14.2. The maximum atomic E-state index is 12.0. The van der Waals surface area contributed by atoms with Crippen LogP contribution in [0.2, 0.25) is 5.02 Å². The average molecular weight is 284 g/mol. The molecule has 0 aromatic heterocycles. The van der Waals surface area contributed by atoms with Crippen molar-refractivity contribution in [1.82, 2.24) is 0 Å². The third kappa shape index (κ3) is 3.85. The summed E-state index contributed by atoms with van der Waals surface area (Å²) >= 11 is 5.94. The summed E-state index contributed by atoms with van der Waals surface area (Å²) in [6.07, 6.45) is 1.69. The number of hydrogen-bond acceptors (Lipinski definition) is 4. The Morgan fingerprint density at radius 3 is 3.11 bits per heavy atom. The van der Waals surface area contributed by atoms with E-state index < -0.39 is 6.04 Å². The van der Waals surface area contributed by atoms with E-state index in [2.05, 4.69) is 5.32 Å². The number of halogens is 1. The molecule has 19 heavy (non-hydrogen) atoms. The van der Waals surface area contributed by atoms with Gasteiger partial charge in [-0.25, -0.2) is 4.79 Å². The molecule has 1 N–H and O–H groups in total. The Balaban J connectivity index is 2.10. The standard InChI is InChI=1S/C14H18ClNO3/c1-2-18-14(17)13(12-7-4-8-19-12)16-11-6-3-5-10(15)9-11/h3,5-6,9,12-13,16H,2,4,7-8H2,1H3. The lowest BCUT2D eigenvalue weighted by molar-refractivity contribution is -0.146. The van der Waals surface area contributed by atoms with Crippen molar-refractivity contribution < 1.29 is 14.3 Å². The maximum absolute atomic E-state index is 12.0. The monoisotopic (exact) mass is 283 g/mol. The maximum Gasteiger partial charge on any atom is 0.331 e. The van der Waals surface area contributed by atoms with Crippen LogP contribution in [0.25, 0.3) is 0 Å². The summed E-state index contributed by atoms with van der Waals surface area (Å²) in [4.78, 5) is 12.0. The Kier molecular flexibility index (Phi) is 5.05. The van der Waals surface area contributed by atoms with Gasteiger partial charge in [0.15, 0.2) is 6.04 Å². The van der Waals surface area contributed by atoms with E-state index >= 15 is 0 Å². The highest BCUT2D eigenvalue weighted by molar-refractivity contribution is 6.30. The molecule has 1 aliphatic rings. The molecule has 0 bridgehead atoms. The number of hydrogen-bond donors (Lipinski definition) is 1. The second kappa shape index (κ2) is 6.78. The molecule has 104 valence electrons. The topological polar surface area (TPSA) is 47.6 Å². The molecule has 0 saturated carbocycles. The van der Waals surface area contributed by atoms with Crippen molar-refractivity contribution in [2.24, 2.45) is 0 Å². The minimum atomic E-state index is -0.485. The Bertz CT molecular complexity index is 432. The third-order valence-electron chi connectivity index (χ3n) is 3.02. The zero-order valence-corrected chi connectivity index (χ0v) is 11.7. The van der Waals surface area contributed by atoms with Crippen LogP contribution in [0, 0.1) is 0 Å². The number of esters is 1. The predicted octanol–water partition coefficient (Wildman–Crippen LogP) is 2.86. The smallest absolute Gasteiger partial charge is 0.331 e. The van der Waals surface area contributed by atoms with Crippen LogP contribution < -0.4 is 5.32 Å². The number of benzene rings is 1. The second-order valence-electron chi connectivity index (χ2n) is 4.44. The SMILES string of the molecule is CCOC(=O)C(Nc1cccc(Cl)c1)C1CCCO1. The second-order valence-corrected chi connectivity index (χ2v) is 4.87. The summed E-state index contributed by atoms with van der Waals surface area (Å²) in [5, 5.41) is 3.79. The van der Waals surface area contributed by atoms with E-state index in [4.69, 9.17) is 21.1 Å². The molecule has 2 unspecified atom stereocenters. The van der Waals surface area contributed by atoms with Crippen molar-refractivity contribution in [2.45, 2.75) is 31.9 Å². The van der Waals surface area contributed by atoms with Crippen LogP contribution >= 0.6 is 11.6 Å². The molecule has 1 heterocycles. The quantitative estimate of drug-likeness (QED) is 0.844. The average Bonchev–Trinajstić information content (AvgIpc) is 2.90. The van der Waals surface area contributed by atoms with Gasteiger partial charge in [-0.3, -0.25) is 0 Å². The number of ether oxygens (including phenoxy) is 2. The molecule has 0 aliphatic carbocycles. The molecule has 0 spiro atoms. The van der Waals surface area contributed by atoms with E-state index in [1.165, 1.54) is 0 Å². The summed E-state index contributed by atoms with van der Waals surface area (Å²) < 4.78 is 10.7. The summed E-state index contributed by atoms with van der Waals surface area (Å²) in [7, 11) is 0. The van der Waals surface area contributed by atoms with Crippen LogP contribution in [0.1, 0.15) is 19.8 Å². The fourth-order valence-electron chi connectivity index (χ4n) is 2.16.